The molecule has 1 saturated heterocycles. The zero-order chi connectivity index (χ0) is 13.2. The number of carbonyl (C=O) groups is 1. The third-order valence-corrected chi connectivity index (χ3v) is 3.46. The van der Waals surface area contributed by atoms with Crippen LogP contribution in [-0.2, 0) is 10.2 Å². The minimum Gasteiger partial charge on any atom is -0.355 e. The first-order valence-electron chi connectivity index (χ1n) is 6.23. The summed E-state index contributed by atoms with van der Waals surface area (Å²) < 4.78 is 13.2. The Morgan fingerprint density at radius 1 is 1.50 bits per heavy atom. The fraction of sp³-hybridized carbons (Fsp3) is 0.500. The van der Waals surface area contributed by atoms with Gasteiger partial charge in [-0.3, -0.25) is 4.79 Å². The molecule has 0 atom stereocenters. The van der Waals surface area contributed by atoms with Gasteiger partial charge in [-0.2, -0.15) is 0 Å². The van der Waals surface area contributed by atoms with Crippen molar-refractivity contribution in [2.24, 2.45) is 5.92 Å². The third-order valence-electron chi connectivity index (χ3n) is 3.46. The SMILES string of the molecule is CC(C)(CNC(=O)C1CNC1)c1cccc(F)c1. The van der Waals surface area contributed by atoms with E-state index in [1.807, 2.05) is 19.9 Å². The lowest BCUT2D eigenvalue weighted by Gasteiger charge is -2.30. The topological polar surface area (TPSA) is 41.1 Å². The summed E-state index contributed by atoms with van der Waals surface area (Å²) in [6.07, 6.45) is 0. The highest BCUT2D eigenvalue weighted by atomic mass is 19.1. The number of rotatable bonds is 4. The second-order valence-corrected chi connectivity index (χ2v) is 5.47. The highest BCUT2D eigenvalue weighted by molar-refractivity contribution is 5.80. The molecule has 2 rings (SSSR count). The van der Waals surface area contributed by atoms with Crippen LogP contribution in [0.5, 0.6) is 0 Å². The lowest BCUT2D eigenvalue weighted by molar-refractivity contribution is -0.126. The van der Waals surface area contributed by atoms with E-state index in [-0.39, 0.29) is 23.1 Å². The molecule has 0 bridgehead atoms. The van der Waals surface area contributed by atoms with Crippen molar-refractivity contribution in [2.75, 3.05) is 19.6 Å². The first-order chi connectivity index (χ1) is 8.49. The summed E-state index contributed by atoms with van der Waals surface area (Å²) in [5.74, 6) is -0.0679. The summed E-state index contributed by atoms with van der Waals surface area (Å²) in [4.78, 5) is 11.7. The number of halogens is 1. The molecule has 1 aromatic rings. The van der Waals surface area contributed by atoms with Crippen molar-refractivity contribution >= 4 is 5.91 Å². The van der Waals surface area contributed by atoms with Crippen LogP contribution in [0.3, 0.4) is 0 Å². The van der Waals surface area contributed by atoms with Crippen LogP contribution in [0.15, 0.2) is 24.3 Å². The first kappa shape index (κ1) is 13.0. The average molecular weight is 250 g/mol. The van der Waals surface area contributed by atoms with Crippen molar-refractivity contribution in [3.8, 4) is 0 Å². The van der Waals surface area contributed by atoms with Gasteiger partial charge in [-0.15, -0.1) is 0 Å². The summed E-state index contributed by atoms with van der Waals surface area (Å²) >= 11 is 0. The molecule has 0 unspecified atom stereocenters. The van der Waals surface area contributed by atoms with Gasteiger partial charge in [0.25, 0.3) is 0 Å². The minimum atomic E-state index is -0.269. The van der Waals surface area contributed by atoms with Gasteiger partial charge in [-0.1, -0.05) is 26.0 Å². The van der Waals surface area contributed by atoms with Gasteiger partial charge in [0.1, 0.15) is 5.82 Å². The Kier molecular flexibility index (Phi) is 3.66. The Morgan fingerprint density at radius 2 is 2.22 bits per heavy atom. The number of carbonyl (C=O) groups excluding carboxylic acids is 1. The molecule has 0 aliphatic carbocycles. The number of hydrogen-bond acceptors (Lipinski definition) is 2. The predicted molar refractivity (Wildman–Crippen MR) is 68.8 cm³/mol. The number of nitrogens with one attached hydrogen (secondary N) is 2. The zero-order valence-corrected chi connectivity index (χ0v) is 10.8. The maximum absolute atomic E-state index is 13.2. The molecule has 3 nitrogen and oxygen atoms in total. The fourth-order valence-corrected chi connectivity index (χ4v) is 1.94. The average Bonchev–Trinajstić information content (AvgIpc) is 2.24. The summed E-state index contributed by atoms with van der Waals surface area (Å²) in [6, 6.07) is 6.54. The van der Waals surface area contributed by atoms with Gasteiger partial charge in [-0.25, -0.2) is 4.39 Å². The van der Waals surface area contributed by atoms with E-state index in [1.54, 1.807) is 6.07 Å². The van der Waals surface area contributed by atoms with E-state index < -0.39 is 0 Å². The van der Waals surface area contributed by atoms with E-state index in [0.29, 0.717) is 6.54 Å². The molecule has 2 N–H and O–H groups in total. The van der Waals surface area contributed by atoms with E-state index in [0.717, 1.165) is 18.7 Å². The molecule has 1 heterocycles. The normalized spacial score (nSPS) is 16.2. The van der Waals surface area contributed by atoms with Crippen LogP contribution in [0.4, 0.5) is 4.39 Å². The molecule has 1 fully saturated rings. The molecule has 1 aromatic carbocycles. The van der Waals surface area contributed by atoms with Crippen LogP contribution in [0.25, 0.3) is 0 Å². The quantitative estimate of drug-likeness (QED) is 0.849. The molecular weight excluding hydrogens is 231 g/mol. The van der Waals surface area contributed by atoms with E-state index in [1.165, 1.54) is 12.1 Å². The van der Waals surface area contributed by atoms with Crippen molar-refractivity contribution in [3.63, 3.8) is 0 Å². The highest BCUT2D eigenvalue weighted by Gasteiger charge is 2.27. The standard InChI is InChI=1S/C14H19FN2O/c1-14(2,11-4-3-5-12(15)6-11)9-17-13(18)10-7-16-8-10/h3-6,10,16H,7-9H2,1-2H3,(H,17,18). The Bertz CT molecular complexity index is 441. The molecule has 0 aromatic heterocycles. The van der Waals surface area contributed by atoms with Gasteiger partial charge in [0.15, 0.2) is 0 Å². The van der Waals surface area contributed by atoms with Gasteiger partial charge in [0.2, 0.25) is 5.91 Å². The van der Waals surface area contributed by atoms with E-state index in [4.69, 9.17) is 0 Å². The van der Waals surface area contributed by atoms with Gasteiger partial charge in [-0.05, 0) is 17.7 Å². The Labute approximate surface area is 107 Å². The van der Waals surface area contributed by atoms with E-state index in [9.17, 15) is 9.18 Å². The van der Waals surface area contributed by atoms with E-state index in [2.05, 4.69) is 10.6 Å². The first-order valence-corrected chi connectivity index (χ1v) is 6.23. The Morgan fingerprint density at radius 3 is 2.78 bits per heavy atom. The molecule has 0 spiro atoms. The number of hydrogen-bond donors (Lipinski definition) is 2. The number of benzene rings is 1. The molecule has 1 aliphatic rings. The van der Waals surface area contributed by atoms with Crippen LogP contribution in [0.1, 0.15) is 19.4 Å². The second kappa shape index (κ2) is 5.06. The van der Waals surface area contributed by atoms with Crippen LogP contribution < -0.4 is 10.6 Å². The van der Waals surface area contributed by atoms with Gasteiger partial charge in [0.05, 0.1) is 5.92 Å². The largest absolute Gasteiger partial charge is 0.355 e. The van der Waals surface area contributed by atoms with Crippen molar-refractivity contribution in [3.05, 3.63) is 35.6 Å². The summed E-state index contributed by atoms with van der Waals surface area (Å²) in [7, 11) is 0. The Balaban J connectivity index is 1.96. The highest BCUT2D eigenvalue weighted by Crippen LogP contribution is 2.23. The molecule has 1 aliphatic heterocycles. The van der Waals surface area contributed by atoms with Gasteiger partial charge < -0.3 is 10.6 Å². The van der Waals surface area contributed by atoms with Crippen LogP contribution >= 0.6 is 0 Å². The van der Waals surface area contributed by atoms with Crippen LogP contribution in [0.2, 0.25) is 0 Å². The van der Waals surface area contributed by atoms with Crippen LogP contribution in [0, 0.1) is 11.7 Å². The summed E-state index contributed by atoms with van der Waals surface area (Å²) in [5, 5.41) is 6.01. The predicted octanol–water partition coefficient (Wildman–Crippen LogP) is 1.44. The molecule has 4 heteroatoms. The molecule has 0 radical (unpaired) electrons. The minimum absolute atomic E-state index is 0.0817. The molecular formula is C14H19FN2O. The van der Waals surface area contributed by atoms with Crippen molar-refractivity contribution < 1.29 is 9.18 Å². The van der Waals surface area contributed by atoms with Gasteiger partial charge in [0, 0.05) is 25.0 Å². The Hall–Kier alpha value is -1.42. The fourth-order valence-electron chi connectivity index (χ4n) is 1.94. The maximum atomic E-state index is 13.2. The smallest absolute Gasteiger partial charge is 0.225 e. The van der Waals surface area contributed by atoms with Crippen molar-refractivity contribution in [1.82, 2.24) is 10.6 Å². The molecule has 0 saturated carbocycles. The van der Waals surface area contributed by atoms with Gasteiger partial charge >= 0.3 is 0 Å². The lowest BCUT2D eigenvalue weighted by atomic mass is 9.84. The molecule has 1 amide bonds. The number of amides is 1. The van der Waals surface area contributed by atoms with Crippen LogP contribution in [-0.4, -0.2) is 25.5 Å². The van der Waals surface area contributed by atoms with E-state index >= 15 is 0 Å². The summed E-state index contributed by atoms with van der Waals surface area (Å²) in [6.45, 7) is 6.03. The summed E-state index contributed by atoms with van der Waals surface area (Å²) in [5.41, 5.74) is 0.629. The monoisotopic (exact) mass is 250 g/mol. The lowest BCUT2D eigenvalue weighted by Crippen LogP contribution is -2.52. The third kappa shape index (κ3) is 2.88. The van der Waals surface area contributed by atoms with Crippen molar-refractivity contribution in [2.45, 2.75) is 19.3 Å². The van der Waals surface area contributed by atoms with Crippen molar-refractivity contribution in [1.29, 1.82) is 0 Å². The zero-order valence-electron chi connectivity index (χ0n) is 10.8. The maximum Gasteiger partial charge on any atom is 0.225 e. The molecule has 98 valence electrons. The second-order valence-electron chi connectivity index (χ2n) is 5.47. The molecule has 18 heavy (non-hydrogen) atoms.